The zero-order valence-corrected chi connectivity index (χ0v) is 10.8. The summed E-state index contributed by atoms with van der Waals surface area (Å²) >= 11 is 3.53. The van der Waals surface area contributed by atoms with Gasteiger partial charge in [-0.2, -0.15) is 0 Å². The van der Waals surface area contributed by atoms with Crippen LogP contribution in [0.2, 0.25) is 0 Å². The highest BCUT2D eigenvalue weighted by atomic mass is 79.9. The highest BCUT2D eigenvalue weighted by Gasteiger charge is 2.01. The summed E-state index contributed by atoms with van der Waals surface area (Å²) in [4.78, 5) is 0. The average Bonchev–Trinajstić information content (AvgIpc) is 2.21. The second-order valence-corrected chi connectivity index (χ2v) is 4.76. The Balaban J connectivity index is 2.29. The maximum Gasteiger partial charge on any atom is 0.0220 e. The van der Waals surface area contributed by atoms with Crippen LogP contribution in [0.4, 0.5) is 0 Å². The van der Waals surface area contributed by atoms with E-state index in [1.807, 2.05) is 6.07 Å². The molecule has 3 heteroatoms. The molecule has 0 amide bonds. The number of hydrogen-bond acceptors (Lipinski definition) is 2. The summed E-state index contributed by atoms with van der Waals surface area (Å²) in [5, 5.41) is 3.44. The Morgan fingerprint density at radius 1 is 1.40 bits per heavy atom. The van der Waals surface area contributed by atoms with Gasteiger partial charge in [-0.1, -0.05) is 41.1 Å². The lowest BCUT2D eigenvalue weighted by molar-refractivity contribution is 0.486. The minimum atomic E-state index is 0.650. The third kappa shape index (κ3) is 4.78. The molecule has 0 aliphatic rings. The molecule has 0 saturated carbocycles. The van der Waals surface area contributed by atoms with Crippen molar-refractivity contribution in [3.8, 4) is 0 Å². The predicted molar refractivity (Wildman–Crippen MR) is 68.7 cm³/mol. The summed E-state index contributed by atoms with van der Waals surface area (Å²) in [5.41, 5.74) is 6.80. The molecule has 1 aromatic rings. The van der Waals surface area contributed by atoms with E-state index in [4.69, 9.17) is 5.73 Å². The van der Waals surface area contributed by atoms with Crippen LogP contribution in [0.1, 0.15) is 18.9 Å². The van der Waals surface area contributed by atoms with Gasteiger partial charge in [0.05, 0.1) is 0 Å². The highest BCUT2D eigenvalue weighted by molar-refractivity contribution is 9.10. The summed E-state index contributed by atoms with van der Waals surface area (Å²) in [6.45, 7) is 4.94. The average molecular weight is 271 g/mol. The summed E-state index contributed by atoms with van der Waals surface area (Å²) in [6.07, 6.45) is 1.09. The van der Waals surface area contributed by atoms with Gasteiger partial charge in [0, 0.05) is 11.0 Å². The summed E-state index contributed by atoms with van der Waals surface area (Å²) in [6, 6.07) is 8.29. The maximum atomic E-state index is 5.50. The van der Waals surface area contributed by atoms with Gasteiger partial charge in [0.2, 0.25) is 0 Å². The first-order valence-corrected chi connectivity index (χ1v) is 6.17. The molecule has 0 aliphatic carbocycles. The number of nitrogens with two attached hydrogens (primary N) is 1. The molecule has 1 atom stereocenters. The topological polar surface area (TPSA) is 38.0 Å². The Kier molecular flexibility index (Phi) is 5.91. The number of rotatable bonds is 6. The van der Waals surface area contributed by atoms with E-state index in [1.54, 1.807) is 0 Å². The Morgan fingerprint density at radius 2 is 2.13 bits per heavy atom. The van der Waals surface area contributed by atoms with Gasteiger partial charge in [0.15, 0.2) is 0 Å². The number of halogens is 1. The second kappa shape index (κ2) is 6.99. The van der Waals surface area contributed by atoms with E-state index in [2.05, 4.69) is 46.4 Å². The van der Waals surface area contributed by atoms with Crippen LogP contribution in [-0.4, -0.2) is 13.1 Å². The first-order valence-electron chi connectivity index (χ1n) is 5.38. The molecule has 0 heterocycles. The van der Waals surface area contributed by atoms with Gasteiger partial charge in [0.1, 0.15) is 0 Å². The molecular weight excluding hydrogens is 252 g/mol. The molecule has 15 heavy (non-hydrogen) atoms. The van der Waals surface area contributed by atoms with Crippen molar-refractivity contribution in [3.63, 3.8) is 0 Å². The first-order chi connectivity index (χ1) is 7.24. The van der Waals surface area contributed by atoms with Crippen LogP contribution in [-0.2, 0) is 6.54 Å². The fourth-order valence-electron chi connectivity index (χ4n) is 1.48. The van der Waals surface area contributed by atoms with E-state index >= 15 is 0 Å². The quantitative estimate of drug-likeness (QED) is 0.834. The minimum absolute atomic E-state index is 0.650. The van der Waals surface area contributed by atoms with Crippen molar-refractivity contribution in [1.82, 2.24) is 5.32 Å². The smallest absolute Gasteiger partial charge is 0.0220 e. The summed E-state index contributed by atoms with van der Waals surface area (Å²) in [5.74, 6) is 0.650. The molecule has 0 spiro atoms. The lowest BCUT2D eigenvalue weighted by Crippen LogP contribution is -2.22. The lowest BCUT2D eigenvalue weighted by Gasteiger charge is -2.11. The minimum Gasteiger partial charge on any atom is -0.330 e. The Labute approximate surface area is 100 Å². The monoisotopic (exact) mass is 270 g/mol. The fraction of sp³-hybridized carbons (Fsp3) is 0.500. The molecule has 84 valence electrons. The van der Waals surface area contributed by atoms with Crippen LogP contribution in [0.3, 0.4) is 0 Å². The van der Waals surface area contributed by atoms with Gasteiger partial charge < -0.3 is 11.1 Å². The maximum absolute atomic E-state index is 5.50. The van der Waals surface area contributed by atoms with Gasteiger partial charge in [-0.3, -0.25) is 0 Å². The normalized spacial score (nSPS) is 12.7. The van der Waals surface area contributed by atoms with Gasteiger partial charge in [-0.15, -0.1) is 0 Å². The van der Waals surface area contributed by atoms with E-state index in [-0.39, 0.29) is 0 Å². The molecule has 3 N–H and O–H groups in total. The second-order valence-electron chi connectivity index (χ2n) is 3.90. The van der Waals surface area contributed by atoms with Crippen LogP contribution in [0.5, 0.6) is 0 Å². The lowest BCUT2D eigenvalue weighted by atomic mass is 10.1. The number of hydrogen-bond donors (Lipinski definition) is 2. The summed E-state index contributed by atoms with van der Waals surface area (Å²) < 4.78 is 1.17. The standard InChI is InChI=1S/C12H19BrN2/c1-10(6-7-14)8-15-9-11-4-2-3-5-12(11)13/h2-5,10,15H,6-9,14H2,1H3. The van der Waals surface area contributed by atoms with E-state index in [9.17, 15) is 0 Å². The first kappa shape index (κ1) is 12.7. The predicted octanol–water partition coefficient (Wildman–Crippen LogP) is 2.52. The van der Waals surface area contributed by atoms with Crippen LogP contribution < -0.4 is 11.1 Å². The van der Waals surface area contributed by atoms with Crippen molar-refractivity contribution < 1.29 is 0 Å². The van der Waals surface area contributed by atoms with E-state index in [0.29, 0.717) is 5.92 Å². The Bertz CT molecular complexity index is 289. The SMILES string of the molecule is CC(CCN)CNCc1ccccc1Br. The molecule has 1 unspecified atom stereocenters. The van der Waals surface area contributed by atoms with E-state index in [1.165, 1.54) is 10.0 Å². The van der Waals surface area contributed by atoms with E-state index < -0.39 is 0 Å². The van der Waals surface area contributed by atoms with Crippen LogP contribution in [0.25, 0.3) is 0 Å². The number of nitrogens with one attached hydrogen (secondary N) is 1. The third-order valence-corrected chi connectivity index (χ3v) is 3.20. The summed E-state index contributed by atoms with van der Waals surface area (Å²) in [7, 11) is 0. The van der Waals surface area contributed by atoms with Gasteiger partial charge in [-0.25, -0.2) is 0 Å². The Hall–Kier alpha value is -0.380. The molecule has 0 saturated heterocycles. The van der Waals surface area contributed by atoms with Gasteiger partial charge in [-0.05, 0) is 37.1 Å². The van der Waals surface area contributed by atoms with Crippen molar-refractivity contribution in [2.24, 2.45) is 11.7 Å². The molecule has 1 aromatic carbocycles. The van der Waals surface area contributed by atoms with Gasteiger partial charge >= 0.3 is 0 Å². The molecular formula is C12H19BrN2. The fourth-order valence-corrected chi connectivity index (χ4v) is 1.91. The molecule has 0 aromatic heterocycles. The van der Waals surface area contributed by atoms with Crippen molar-refractivity contribution >= 4 is 15.9 Å². The molecule has 0 bridgehead atoms. The van der Waals surface area contributed by atoms with Crippen LogP contribution in [0.15, 0.2) is 28.7 Å². The van der Waals surface area contributed by atoms with Crippen molar-refractivity contribution in [2.45, 2.75) is 19.9 Å². The van der Waals surface area contributed by atoms with Crippen LogP contribution >= 0.6 is 15.9 Å². The van der Waals surface area contributed by atoms with Crippen molar-refractivity contribution in [2.75, 3.05) is 13.1 Å². The molecule has 0 aliphatic heterocycles. The highest BCUT2D eigenvalue weighted by Crippen LogP contribution is 2.15. The van der Waals surface area contributed by atoms with Gasteiger partial charge in [0.25, 0.3) is 0 Å². The zero-order valence-electron chi connectivity index (χ0n) is 9.17. The molecule has 0 radical (unpaired) electrons. The Morgan fingerprint density at radius 3 is 2.80 bits per heavy atom. The zero-order chi connectivity index (χ0) is 11.1. The number of benzene rings is 1. The van der Waals surface area contributed by atoms with Crippen molar-refractivity contribution in [1.29, 1.82) is 0 Å². The van der Waals surface area contributed by atoms with Crippen LogP contribution in [0, 0.1) is 5.92 Å². The third-order valence-electron chi connectivity index (χ3n) is 2.43. The molecule has 1 rings (SSSR count). The molecule has 0 fully saturated rings. The van der Waals surface area contributed by atoms with E-state index in [0.717, 1.165) is 26.1 Å². The van der Waals surface area contributed by atoms with Crippen molar-refractivity contribution in [3.05, 3.63) is 34.3 Å². The molecule has 2 nitrogen and oxygen atoms in total. The largest absolute Gasteiger partial charge is 0.330 e.